The number of benzene rings is 1. The van der Waals surface area contributed by atoms with Crippen LogP contribution in [0.25, 0.3) is 0 Å². The summed E-state index contributed by atoms with van der Waals surface area (Å²) in [5.74, 6) is 0.881. The second-order valence-electron chi connectivity index (χ2n) is 3.96. The van der Waals surface area contributed by atoms with Gasteiger partial charge in [0.2, 0.25) is 0 Å². The van der Waals surface area contributed by atoms with Crippen LogP contribution in [0.2, 0.25) is 0 Å². The van der Waals surface area contributed by atoms with Crippen molar-refractivity contribution in [1.29, 1.82) is 0 Å². The lowest BCUT2D eigenvalue weighted by Crippen LogP contribution is -2.13. The van der Waals surface area contributed by atoms with E-state index in [2.05, 4.69) is 0 Å². The number of rotatable bonds is 5. The SMILES string of the molecule is CCOC(=O)Oc1c(C)c(OC)c(C=O)c(OC)c1C. The van der Waals surface area contributed by atoms with Crippen molar-refractivity contribution in [2.45, 2.75) is 20.8 Å². The fourth-order valence-electron chi connectivity index (χ4n) is 2.01. The summed E-state index contributed by atoms with van der Waals surface area (Å²) in [7, 11) is 2.86. The van der Waals surface area contributed by atoms with Gasteiger partial charge in [0.1, 0.15) is 17.2 Å². The molecule has 6 nitrogen and oxygen atoms in total. The van der Waals surface area contributed by atoms with Crippen LogP contribution < -0.4 is 14.2 Å². The second kappa shape index (κ2) is 6.79. The number of methoxy groups -OCH3 is 2. The van der Waals surface area contributed by atoms with Crippen LogP contribution in [0.1, 0.15) is 28.4 Å². The standard InChI is InChI=1S/C14H18O6/c1-6-19-14(16)20-11-8(2)12(17-4)10(7-15)13(18-5)9(11)3/h7H,6H2,1-5H3. The van der Waals surface area contributed by atoms with Crippen molar-refractivity contribution in [3.63, 3.8) is 0 Å². The predicted octanol–water partition coefficient (Wildman–Crippen LogP) is 2.67. The van der Waals surface area contributed by atoms with Crippen molar-refractivity contribution in [3.05, 3.63) is 16.7 Å². The maximum absolute atomic E-state index is 11.5. The van der Waals surface area contributed by atoms with Gasteiger partial charge in [-0.05, 0) is 20.8 Å². The van der Waals surface area contributed by atoms with Crippen LogP contribution >= 0.6 is 0 Å². The van der Waals surface area contributed by atoms with Crippen LogP contribution in [-0.4, -0.2) is 33.3 Å². The van der Waals surface area contributed by atoms with Gasteiger partial charge in [-0.3, -0.25) is 4.79 Å². The van der Waals surface area contributed by atoms with Crippen LogP contribution in [0, 0.1) is 13.8 Å². The summed E-state index contributed by atoms with van der Waals surface area (Å²) in [6, 6.07) is 0. The first-order valence-corrected chi connectivity index (χ1v) is 6.06. The Labute approximate surface area is 117 Å². The molecule has 6 heteroatoms. The normalized spacial score (nSPS) is 9.85. The van der Waals surface area contributed by atoms with E-state index in [1.807, 2.05) is 0 Å². The first-order chi connectivity index (χ1) is 9.51. The fraction of sp³-hybridized carbons (Fsp3) is 0.429. The van der Waals surface area contributed by atoms with E-state index in [9.17, 15) is 9.59 Å². The van der Waals surface area contributed by atoms with Crippen LogP contribution in [0.3, 0.4) is 0 Å². The van der Waals surface area contributed by atoms with Gasteiger partial charge in [-0.25, -0.2) is 4.79 Å². The summed E-state index contributed by atoms with van der Waals surface area (Å²) >= 11 is 0. The minimum Gasteiger partial charge on any atom is -0.495 e. The Morgan fingerprint density at radius 2 is 1.55 bits per heavy atom. The van der Waals surface area contributed by atoms with E-state index in [0.29, 0.717) is 28.9 Å². The molecule has 0 spiro atoms. The first kappa shape index (κ1) is 15.8. The third-order valence-electron chi connectivity index (χ3n) is 2.83. The van der Waals surface area contributed by atoms with Gasteiger partial charge < -0.3 is 18.9 Å². The van der Waals surface area contributed by atoms with Crippen molar-refractivity contribution in [3.8, 4) is 17.2 Å². The minimum absolute atomic E-state index is 0.206. The minimum atomic E-state index is -0.818. The lowest BCUT2D eigenvalue weighted by Gasteiger charge is -2.18. The molecule has 0 aliphatic carbocycles. The molecule has 0 amide bonds. The van der Waals surface area contributed by atoms with E-state index >= 15 is 0 Å². The molecule has 0 N–H and O–H groups in total. The topological polar surface area (TPSA) is 71.1 Å². The summed E-state index contributed by atoms with van der Waals surface area (Å²) in [6.07, 6.45) is -0.173. The van der Waals surface area contributed by atoms with Crippen molar-refractivity contribution >= 4 is 12.4 Å². The highest BCUT2D eigenvalue weighted by molar-refractivity contribution is 5.87. The lowest BCUT2D eigenvalue weighted by molar-refractivity contribution is 0.103. The van der Waals surface area contributed by atoms with Gasteiger partial charge >= 0.3 is 6.16 Å². The summed E-state index contributed by atoms with van der Waals surface area (Å²) in [4.78, 5) is 22.7. The average molecular weight is 282 g/mol. The summed E-state index contributed by atoms with van der Waals surface area (Å²) in [6.45, 7) is 5.26. The second-order valence-corrected chi connectivity index (χ2v) is 3.96. The molecule has 0 aliphatic rings. The van der Waals surface area contributed by atoms with Crippen LogP contribution in [0.5, 0.6) is 17.2 Å². The Hall–Kier alpha value is -2.24. The molecular weight excluding hydrogens is 264 g/mol. The lowest BCUT2D eigenvalue weighted by atomic mass is 10.0. The molecule has 0 unspecified atom stereocenters. The number of hydrogen-bond donors (Lipinski definition) is 0. The zero-order valence-corrected chi connectivity index (χ0v) is 12.2. The van der Waals surface area contributed by atoms with Crippen molar-refractivity contribution in [2.24, 2.45) is 0 Å². The third-order valence-corrected chi connectivity index (χ3v) is 2.83. The number of hydrogen-bond acceptors (Lipinski definition) is 6. The number of carbonyl (C=O) groups excluding carboxylic acids is 2. The highest BCUT2D eigenvalue weighted by Gasteiger charge is 2.23. The largest absolute Gasteiger partial charge is 0.513 e. The molecule has 0 aliphatic heterocycles. The molecule has 0 saturated heterocycles. The molecule has 110 valence electrons. The molecule has 1 aromatic carbocycles. The van der Waals surface area contributed by atoms with E-state index in [-0.39, 0.29) is 17.9 Å². The Kier molecular flexibility index (Phi) is 5.37. The molecular formula is C14H18O6. The Morgan fingerprint density at radius 1 is 1.05 bits per heavy atom. The van der Waals surface area contributed by atoms with Gasteiger partial charge in [0.25, 0.3) is 0 Å². The van der Waals surface area contributed by atoms with Crippen LogP contribution in [0.4, 0.5) is 4.79 Å². The van der Waals surface area contributed by atoms with Gasteiger partial charge in [0.15, 0.2) is 6.29 Å². The fourth-order valence-corrected chi connectivity index (χ4v) is 2.01. The number of carbonyl (C=O) groups is 2. The predicted molar refractivity (Wildman–Crippen MR) is 72.1 cm³/mol. The highest BCUT2D eigenvalue weighted by Crippen LogP contribution is 2.41. The molecule has 20 heavy (non-hydrogen) atoms. The van der Waals surface area contributed by atoms with E-state index in [0.717, 1.165) is 0 Å². The van der Waals surface area contributed by atoms with Crippen molar-refractivity contribution < 1.29 is 28.5 Å². The van der Waals surface area contributed by atoms with Gasteiger partial charge in [0.05, 0.1) is 26.4 Å². The molecule has 1 rings (SSSR count). The Bertz CT molecular complexity index is 490. The number of ether oxygens (including phenoxy) is 4. The third kappa shape index (κ3) is 2.84. The van der Waals surface area contributed by atoms with Crippen LogP contribution in [-0.2, 0) is 4.74 Å². The Balaban J connectivity index is 3.44. The van der Waals surface area contributed by atoms with Gasteiger partial charge in [-0.2, -0.15) is 0 Å². The molecule has 0 bridgehead atoms. The van der Waals surface area contributed by atoms with Gasteiger partial charge in [0, 0.05) is 11.1 Å². The Morgan fingerprint density at radius 3 is 1.90 bits per heavy atom. The van der Waals surface area contributed by atoms with Crippen molar-refractivity contribution in [1.82, 2.24) is 0 Å². The molecule has 0 heterocycles. The quantitative estimate of drug-likeness (QED) is 0.470. The summed E-state index contributed by atoms with van der Waals surface area (Å²) < 4.78 is 20.3. The molecule has 0 fully saturated rings. The first-order valence-electron chi connectivity index (χ1n) is 6.06. The van der Waals surface area contributed by atoms with E-state index in [4.69, 9.17) is 18.9 Å². The summed E-state index contributed by atoms with van der Waals surface area (Å²) in [5, 5.41) is 0. The maximum atomic E-state index is 11.5. The summed E-state index contributed by atoms with van der Waals surface area (Å²) in [5.41, 5.74) is 1.34. The molecule has 0 aromatic heterocycles. The van der Waals surface area contributed by atoms with E-state index < -0.39 is 6.16 Å². The van der Waals surface area contributed by atoms with Gasteiger partial charge in [-0.1, -0.05) is 0 Å². The van der Waals surface area contributed by atoms with Crippen LogP contribution in [0.15, 0.2) is 0 Å². The number of aldehydes is 1. The van der Waals surface area contributed by atoms with Crippen molar-refractivity contribution in [2.75, 3.05) is 20.8 Å². The maximum Gasteiger partial charge on any atom is 0.513 e. The zero-order valence-electron chi connectivity index (χ0n) is 12.2. The molecule has 0 saturated carbocycles. The van der Waals surface area contributed by atoms with Gasteiger partial charge in [-0.15, -0.1) is 0 Å². The van der Waals surface area contributed by atoms with E-state index in [1.165, 1.54) is 14.2 Å². The zero-order chi connectivity index (χ0) is 15.3. The molecule has 1 aromatic rings. The molecule has 0 atom stereocenters. The average Bonchev–Trinajstić information content (AvgIpc) is 2.43. The molecule has 0 radical (unpaired) electrons. The highest BCUT2D eigenvalue weighted by atomic mass is 16.7. The monoisotopic (exact) mass is 282 g/mol. The smallest absolute Gasteiger partial charge is 0.495 e. The van der Waals surface area contributed by atoms with E-state index in [1.54, 1.807) is 20.8 Å².